The van der Waals surface area contributed by atoms with Crippen LogP contribution in [0.1, 0.15) is 30.4 Å². The Balaban J connectivity index is 2.07. The third kappa shape index (κ3) is 4.65. The molecular weight excluding hydrogens is 329 g/mol. The van der Waals surface area contributed by atoms with Gasteiger partial charge in [0.1, 0.15) is 5.82 Å². The van der Waals surface area contributed by atoms with Crippen molar-refractivity contribution in [1.82, 2.24) is 5.32 Å². The van der Waals surface area contributed by atoms with E-state index in [-0.39, 0.29) is 5.82 Å². The smallest absolute Gasteiger partial charge is 0.137 e. The summed E-state index contributed by atoms with van der Waals surface area (Å²) >= 11 is 3.35. The minimum absolute atomic E-state index is 0.185. The number of likely N-dealkylation sites (N-methyl/N-ethyl adjacent to an activating group) is 1. The van der Waals surface area contributed by atoms with Crippen LogP contribution in [0.4, 0.5) is 4.39 Å². The molecule has 0 saturated carbocycles. The zero-order valence-corrected chi connectivity index (χ0v) is 13.9. The maximum absolute atomic E-state index is 13.6. The maximum Gasteiger partial charge on any atom is 0.137 e. The van der Waals surface area contributed by atoms with E-state index in [4.69, 9.17) is 0 Å². The van der Waals surface area contributed by atoms with E-state index in [1.807, 2.05) is 12.1 Å². The second-order valence-corrected chi connectivity index (χ2v) is 5.96. The van der Waals surface area contributed by atoms with Crippen molar-refractivity contribution in [2.75, 3.05) is 13.1 Å². The van der Waals surface area contributed by atoms with Crippen molar-refractivity contribution in [3.63, 3.8) is 0 Å². The predicted octanol–water partition coefficient (Wildman–Crippen LogP) is 4.91. The number of halogens is 2. The van der Waals surface area contributed by atoms with Gasteiger partial charge in [0.2, 0.25) is 0 Å². The van der Waals surface area contributed by atoms with Gasteiger partial charge in [0, 0.05) is 6.54 Å². The van der Waals surface area contributed by atoms with Crippen LogP contribution in [-0.4, -0.2) is 13.1 Å². The van der Waals surface area contributed by atoms with E-state index >= 15 is 0 Å². The molecule has 0 aliphatic rings. The van der Waals surface area contributed by atoms with Crippen LogP contribution in [0.5, 0.6) is 0 Å². The summed E-state index contributed by atoms with van der Waals surface area (Å²) < 4.78 is 14.2. The van der Waals surface area contributed by atoms with Crippen LogP contribution in [0.15, 0.2) is 53.0 Å². The molecule has 0 aromatic heterocycles. The van der Waals surface area contributed by atoms with Crippen LogP contribution in [0.3, 0.4) is 0 Å². The quantitative estimate of drug-likeness (QED) is 0.748. The van der Waals surface area contributed by atoms with E-state index in [9.17, 15) is 4.39 Å². The van der Waals surface area contributed by atoms with Gasteiger partial charge in [-0.2, -0.15) is 0 Å². The minimum Gasteiger partial charge on any atom is -0.316 e. The first-order valence-electron chi connectivity index (χ1n) is 7.41. The van der Waals surface area contributed by atoms with Crippen LogP contribution in [-0.2, 0) is 6.42 Å². The molecular formula is C18H21BrFN. The molecule has 0 aliphatic heterocycles. The molecule has 112 valence electrons. The first kappa shape index (κ1) is 16.2. The lowest BCUT2D eigenvalue weighted by atomic mass is 9.92. The molecule has 0 amide bonds. The van der Waals surface area contributed by atoms with E-state index < -0.39 is 0 Å². The summed E-state index contributed by atoms with van der Waals surface area (Å²) in [6, 6.07) is 15.8. The molecule has 0 aliphatic carbocycles. The standard InChI is InChI=1S/C18H21BrFN/c1-2-21-13-16(14-7-4-3-5-8-14)12-11-15-9-6-10-17(20)18(15)19/h3-10,16,21H,2,11-13H2,1H3. The lowest BCUT2D eigenvalue weighted by Gasteiger charge is -2.18. The summed E-state index contributed by atoms with van der Waals surface area (Å²) in [4.78, 5) is 0. The van der Waals surface area contributed by atoms with Gasteiger partial charge in [0.25, 0.3) is 0 Å². The van der Waals surface area contributed by atoms with Crippen LogP contribution >= 0.6 is 15.9 Å². The van der Waals surface area contributed by atoms with Gasteiger partial charge in [0.15, 0.2) is 0 Å². The van der Waals surface area contributed by atoms with Crippen LogP contribution in [0.25, 0.3) is 0 Å². The summed E-state index contributed by atoms with van der Waals surface area (Å²) in [5.41, 5.74) is 2.37. The van der Waals surface area contributed by atoms with Gasteiger partial charge in [-0.25, -0.2) is 4.39 Å². The van der Waals surface area contributed by atoms with E-state index in [0.29, 0.717) is 10.4 Å². The molecule has 2 aromatic rings. The topological polar surface area (TPSA) is 12.0 Å². The van der Waals surface area contributed by atoms with E-state index in [2.05, 4.69) is 52.4 Å². The van der Waals surface area contributed by atoms with Gasteiger partial charge >= 0.3 is 0 Å². The number of aryl methyl sites for hydroxylation is 1. The number of benzene rings is 2. The molecule has 0 bridgehead atoms. The second kappa shape index (κ2) is 8.30. The highest BCUT2D eigenvalue weighted by Crippen LogP contribution is 2.26. The Morgan fingerprint density at radius 2 is 1.86 bits per heavy atom. The Morgan fingerprint density at radius 3 is 2.57 bits per heavy atom. The van der Waals surface area contributed by atoms with Crippen molar-refractivity contribution >= 4 is 15.9 Å². The third-order valence-corrected chi connectivity index (χ3v) is 4.59. The second-order valence-electron chi connectivity index (χ2n) is 5.17. The van der Waals surface area contributed by atoms with Gasteiger partial charge in [-0.15, -0.1) is 0 Å². The Morgan fingerprint density at radius 1 is 1.10 bits per heavy atom. The lowest BCUT2D eigenvalue weighted by molar-refractivity contribution is 0.558. The highest BCUT2D eigenvalue weighted by molar-refractivity contribution is 9.10. The van der Waals surface area contributed by atoms with Crippen molar-refractivity contribution in [1.29, 1.82) is 0 Å². The summed E-state index contributed by atoms with van der Waals surface area (Å²) in [7, 11) is 0. The zero-order valence-electron chi connectivity index (χ0n) is 12.3. The molecule has 0 saturated heterocycles. The zero-order chi connectivity index (χ0) is 15.1. The highest BCUT2D eigenvalue weighted by Gasteiger charge is 2.13. The number of hydrogen-bond acceptors (Lipinski definition) is 1. The molecule has 1 nitrogen and oxygen atoms in total. The molecule has 0 radical (unpaired) electrons. The first-order chi connectivity index (χ1) is 10.2. The number of hydrogen-bond donors (Lipinski definition) is 1. The molecule has 1 N–H and O–H groups in total. The molecule has 0 heterocycles. The largest absolute Gasteiger partial charge is 0.316 e. The minimum atomic E-state index is -0.185. The number of nitrogens with one attached hydrogen (secondary N) is 1. The van der Waals surface area contributed by atoms with Crippen molar-refractivity contribution in [3.8, 4) is 0 Å². The lowest BCUT2D eigenvalue weighted by Crippen LogP contribution is -2.21. The highest BCUT2D eigenvalue weighted by atomic mass is 79.9. The molecule has 0 spiro atoms. The average Bonchev–Trinajstić information content (AvgIpc) is 2.52. The van der Waals surface area contributed by atoms with Gasteiger partial charge < -0.3 is 5.32 Å². The Labute approximate surface area is 134 Å². The fraction of sp³-hybridized carbons (Fsp3) is 0.333. The predicted molar refractivity (Wildman–Crippen MR) is 90.1 cm³/mol. The van der Waals surface area contributed by atoms with Crippen LogP contribution in [0, 0.1) is 5.82 Å². The Bertz CT molecular complexity index is 556. The molecule has 1 atom stereocenters. The average molecular weight is 350 g/mol. The summed E-state index contributed by atoms with van der Waals surface area (Å²) in [5, 5.41) is 3.42. The van der Waals surface area contributed by atoms with Crippen molar-refractivity contribution in [3.05, 3.63) is 69.9 Å². The maximum atomic E-state index is 13.6. The summed E-state index contributed by atoms with van der Waals surface area (Å²) in [6.45, 7) is 4.03. The van der Waals surface area contributed by atoms with Gasteiger partial charge in [0.05, 0.1) is 4.47 Å². The fourth-order valence-corrected chi connectivity index (χ4v) is 2.96. The summed E-state index contributed by atoms with van der Waals surface area (Å²) in [6.07, 6.45) is 1.86. The van der Waals surface area contributed by atoms with Crippen molar-refractivity contribution < 1.29 is 4.39 Å². The molecule has 3 heteroatoms. The normalized spacial score (nSPS) is 12.3. The van der Waals surface area contributed by atoms with Crippen molar-refractivity contribution in [2.24, 2.45) is 0 Å². The fourth-order valence-electron chi connectivity index (χ4n) is 2.50. The molecule has 1 unspecified atom stereocenters. The van der Waals surface area contributed by atoms with E-state index in [1.54, 1.807) is 6.07 Å². The first-order valence-corrected chi connectivity index (χ1v) is 8.20. The van der Waals surface area contributed by atoms with E-state index in [0.717, 1.165) is 31.5 Å². The van der Waals surface area contributed by atoms with Gasteiger partial charge in [-0.05, 0) is 58.4 Å². The van der Waals surface area contributed by atoms with Crippen LogP contribution < -0.4 is 5.32 Å². The van der Waals surface area contributed by atoms with E-state index in [1.165, 1.54) is 11.6 Å². The Hall–Kier alpha value is -1.19. The van der Waals surface area contributed by atoms with Gasteiger partial charge in [-0.3, -0.25) is 0 Å². The summed E-state index contributed by atoms with van der Waals surface area (Å²) in [5.74, 6) is 0.261. The molecule has 21 heavy (non-hydrogen) atoms. The van der Waals surface area contributed by atoms with Crippen molar-refractivity contribution in [2.45, 2.75) is 25.7 Å². The molecule has 2 aromatic carbocycles. The number of rotatable bonds is 7. The monoisotopic (exact) mass is 349 g/mol. The third-order valence-electron chi connectivity index (χ3n) is 3.71. The molecule has 0 fully saturated rings. The Kier molecular flexibility index (Phi) is 6.40. The van der Waals surface area contributed by atoms with Gasteiger partial charge in [-0.1, -0.05) is 49.4 Å². The SMILES string of the molecule is CCNCC(CCc1cccc(F)c1Br)c1ccccc1. The van der Waals surface area contributed by atoms with Crippen LogP contribution in [0.2, 0.25) is 0 Å². The molecule has 2 rings (SSSR count).